The molecule has 102 valence electrons. The van der Waals surface area contributed by atoms with Crippen LogP contribution in [0, 0.1) is 0 Å². The molecule has 0 bridgehead atoms. The highest BCUT2D eigenvalue weighted by molar-refractivity contribution is 6.00. The van der Waals surface area contributed by atoms with Crippen molar-refractivity contribution in [1.29, 1.82) is 0 Å². The van der Waals surface area contributed by atoms with E-state index in [4.69, 9.17) is 0 Å². The number of ether oxygens (including phenoxy) is 1. The summed E-state index contributed by atoms with van der Waals surface area (Å²) in [6.45, 7) is 1.35. The van der Waals surface area contributed by atoms with Crippen LogP contribution in [0.15, 0.2) is 48.2 Å². The Hall–Kier alpha value is -2.62. The van der Waals surface area contributed by atoms with Crippen molar-refractivity contribution in [3.05, 3.63) is 53.7 Å². The number of hydrogen-bond acceptors (Lipinski definition) is 3. The van der Waals surface area contributed by atoms with Gasteiger partial charge in [0.05, 0.1) is 7.11 Å². The predicted octanol–water partition coefficient (Wildman–Crippen LogP) is 2.49. The van der Waals surface area contributed by atoms with E-state index < -0.39 is 5.97 Å². The van der Waals surface area contributed by atoms with Crippen LogP contribution in [0.5, 0.6) is 0 Å². The summed E-state index contributed by atoms with van der Waals surface area (Å²) in [5.41, 5.74) is 0.966. The fraction of sp³-hybridized carbons (Fsp3) is 0.125. The number of carbonyl (C=O) groups excluding carboxylic acids is 2. The largest absolute Gasteiger partial charge is 0.464 e. The van der Waals surface area contributed by atoms with E-state index in [9.17, 15) is 9.59 Å². The van der Waals surface area contributed by atoms with Crippen LogP contribution < -0.4 is 5.32 Å². The number of nitrogens with one attached hydrogen (secondary N) is 1. The minimum atomic E-state index is -0.576. The summed E-state index contributed by atoms with van der Waals surface area (Å²) in [6, 6.07) is 13.6. The number of benzene rings is 2. The third-order valence-corrected chi connectivity index (χ3v) is 2.84. The van der Waals surface area contributed by atoms with Crippen molar-refractivity contribution in [1.82, 2.24) is 5.32 Å². The number of carbonyl (C=O) groups is 2. The first-order valence-corrected chi connectivity index (χ1v) is 6.17. The van der Waals surface area contributed by atoms with E-state index in [1.807, 2.05) is 42.5 Å². The van der Waals surface area contributed by atoms with E-state index in [-0.39, 0.29) is 11.6 Å². The number of esters is 1. The average Bonchev–Trinajstić information content (AvgIpc) is 2.45. The highest BCUT2D eigenvalue weighted by Gasteiger charge is 2.11. The summed E-state index contributed by atoms with van der Waals surface area (Å²) in [7, 11) is 1.28. The van der Waals surface area contributed by atoms with E-state index in [1.54, 1.807) is 6.08 Å². The number of amides is 1. The van der Waals surface area contributed by atoms with Gasteiger partial charge in [0.25, 0.3) is 0 Å². The molecule has 0 heterocycles. The van der Waals surface area contributed by atoms with Gasteiger partial charge in [-0.1, -0.05) is 42.5 Å². The van der Waals surface area contributed by atoms with Crippen molar-refractivity contribution in [2.24, 2.45) is 0 Å². The number of fused-ring (bicyclic) bond motifs is 1. The van der Waals surface area contributed by atoms with Gasteiger partial charge in [0.2, 0.25) is 5.91 Å². The maximum atomic E-state index is 11.7. The molecule has 1 N–H and O–H groups in total. The summed E-state index contributed by atoms with van der Waals surface area (Å²) in [5.74, 6) is -0.893. The third kappa shape index (κ3) is 3.03. The van der Waals surface area contributed by atoms with Crippen molar-refractivity contribution < 1.29 is 14.3 Å². The van der Waals surface area contributed by atoms with Gasteiger partial charge in [-0.25, -0.2) is 4.79 Å². The minimum Gasteiger partial charge on any atom is -0.464 e. The highest BCUT2D eigenvalue weighted by atomic mass is 16.5. The van der Waals surface area contributed by atoms with E-state index in [1.165, 1.54) is 14.0 Å². The van der Waals surface area contributed by atoms with Crippen molar-refractivity contribution in [3.63, 3.8) is 0 Å². The van der Waals surface area contributed by atoms with Crippen LogP contribution in [0.25, 0.3) is 16.8 Å². The molecule has 0 aliphatic rings. The van der Waals surface area contributed by atoms with Crippen LogP contribution in [0.1, 0.15) is 12.5 Å². The lowest BCUT2D eigenvalue weighted by Crippen LogP contribution is -2.25. The Balaban J connectivity index is 2.53. The van der Waals surface area contributed by atoms with Gasteiger partial charge in [-0.15, -0.1) is 0 Å². The lowest BCUT2D eigenvalue weighted by atomic mass is 10.0. The smallest absolute Gasteiger partial charge is 0.354 e. The lowest BCUT2D eigenvalue weighted by molar-refractivity contribution is -0.137. The lowest BCUT2D eigenvalue weighted by Gasteiger charge is -2.07. The molecular weight excluding hydrogens is 254 g/mol. The quantitative estimate of drug-likeness (QED) is 0.688. The molecule has 0 saturated heterocycles. The van der Waals surface area contributed by atoms with Crippen LogP contribution in [-0.2, 0) is 14.3 Å². The second-order valence-corrected chi connectivity index (χ2v) is 4.30. The molecule has 0 atom stereocenters. The van der Waals surface area contributed by atoms with Crippen LogP contribution in [0.2, 0.25) is 0 Å². The SMILES string of the molecule is COC(=O)C(=Cc1cccc2ccccc12)NC(C)=O. The van der Waals surface area contributed by atoms with Crippen LogP contribution in [0.4, 0.5) is 0 Å². The minimum absolute atomic E-state index is 0.122. The number of hydrogen-bond donors (Lipinski definition) is 1. The van der Waals surface area contributed by atoms with Crippen LogP contribution in [-0.4, -0.2) is 19.0 Å². The number of methoxy groups -OCH3 is 1. The maximum absolute atomic E-state index is 11.7. The average molecular weight is 269 g/mol. The monoisotopic (exact) mass is 269 g/mol. The standard InChI is InChI=1S/C16H15NO3/c1-11(18)17-15(16(19)20-2)10-13-8-5-7-12-6-3-4-9-14(12)13/h3-10H,1-2H3,(H,17,18). The molecule has 4 nitrogen and oxygen atoms in total. The Morgan fingerprint density at radius 3 is 2.50 bits per heavy atom. The first-order chi connectivity index (χ1) is 9.61. The normalized spacial score (nSPS) is 11.2. The molecule has 2 aromatic carbocycles. The second-order valence-electron chi connectivity index (χ2n) is 4.30. The summed E-state index contributed by atoms with van der Waals surface area (Å²) in [5, 5.41) is 4.56. The van der Waals surface area contributed by atoms with Gasteiger partial charge >= 0.3 is 5.97 Å². The molecule has 0 aromatic heterocycles. The zero-order valence-electron chi connectivity index (χ0n) is 11.3. The fourth-order valence-corrected chi connectivity index (χ4v) is 1.98. The van der Waals surface area contributed by atoms with Crippen LogP contribution >= 0.6 is 0 Å². The Kier molecular flexibility index (Phi) is 4.15. The highest BCUT2D eigenvalue weighted by Crippen LogP contribution is 2.20. The Morgan fingerprint density at radius 1 is 1.10 bits per heavy atom. The van der Waals surface area contributed by atoms with E-state index >= 15 is 0 Å². The molecule has 2 rings (SSSR count). The van der Waals surface area contributed by atoms with Gasteiger partial charge in [0.1, 0.15) is 5.70 Å². The molecule has 0 aliphatic carbocycles. The molecular formula is C16H15NO3. The fourth-order valence-electron chi connectivity index (χ4n) is 1.98. The summed E-state index contributed by atoms with van der Waals surface area (Å²) < 4.78 is 4.68. The Labute approximate surface area is 117 Å². The molecule has 2 aromatic rings. The molecule has 0 radical (unpaired) electrons. The molecule has 0 aliphatic heterocycles. The molecule has 0 saturated carbocycles. The molecule has 0 unspecified atom stereocenters. The summed E-state index contributed by atoms with van der Waals surface area (Å²) in [4.78, 5) is 22.9. The molecule has 20 heavy (non-hydrogen) atoms. The zero-order valence-corrected chi connectivity index (χ0v) is 11.3. The van der Waals surface area contributed by atoms with Gasteiger partial charge in [-0.05, 0) is 22.4 Å². The van der Waals surface area contributed by atoms with E-state index in [0.717, 1.165) is 16.3 Å². The zero-order chi connectivity index (χ0) is 14.5. The number of rotatable bonds is 3. The Bertz CT molecular complexity index is 684. The van der Waals surface area contributed by atoms with Gasteiger partial charge in [-0.3, -0.25) is 4.79 Å². The summed E-state index contributed by atoms with van der Waals surface area (Å²) >= 11 is 0. The predicted molar refractivity (Wildman–Crippen MR) is 77.8 cm³/mol. The van der Waals surface area contributed by atoms with Gasteiger partial charge in [0.15, 0.2) is 0 Å². The van der Waals surface area contributed by atoms with Crippen molar-refractivity contribution in [3.8, 4) is 0 Å². The first kappa shape index (κ1) is 13.8. The Morgan fingerprint density at radius 2 is 1.80 bits per heavy atom. The van der Waals surface area contributed by atoms with Gasteiger partial charge < -0.3 is 10.1 Å². The topological polar surface area (TPSA) is 55.4 Å². The first-order valence-electron chi connectivity index (χ1n) is 6.17. The molecule has 0 spiro atoms. The van der Waals surface area contributed by atoms with Crippen molar-refractivity contribution in [2.45, 2.75) is 6.92 Å². The summed E-state index contributed by atoms with van der Waals surface area (Å²) in [6.07, 6.45) is 1.62. The second kappa shape index (κ2) is 6.02. The van der Waals surface area contributed by atoms with Gasteiger partial charge in [-0.2, -0.15) is 0 Å². The van der Waals surface area contributed by atoms with Crippen molar-refractivity contribution >= 4 is 28.7 Å². The molecule has 0 fully saturated rings. The third-order valence-electron chi connectivity index (χ3n) is 2.84. The van der Waals surface area contributed by atoms with E-state index in [0.29, 0.717) is 0 Å². The van der Waals surface area contributed by atoms with Crippen molar-refractivity contribution in [2.75, 3.05) is 7.11 Å². The molecule has 1 amide bonds. The molecule has 4 heteroatoms. The van der Waals surface area contributed by atoms with E-state index in [2.05, 4.69) is 10.1 Å². The maximum Gasteiger partial charge on any atom is 0.354 e. The van der Waals surface area contributed by atoms with Crippen LogP contribution in [0.3, 0.4) is 0 Å². The van der Waals surface area contributed by atoms with Gasteiger partial charge in [0, 0.05) is 6.92 Å².